The van der Waals surface area contributed by atoms with E-state index in [0.29, 0.717) is 24.5 Å². The largest absolute Gasteiger partial charge is 0.378 e. The van der Waals surface area contributed by atoms with E-state index in [1.165, 1.54) is 32.1 Å². The number of aliphatic hydroxyl groups is 1. The van der Waals surface area contributed by atoms with Gasteiger partial charge in [0.15, 0.2) is 6.29 Å². The molecule has 0 bridgehead atoms. The monoisotopic (exact) mass is 341 g/mol. The molecule has 1 heterocycles. The molecule has 6 unspecified atom stereocenters. The number of rotatable bonds is 6. The topological polar surface area (TPSA) is 50.7 Å². The molecule has 24 heavy (non-hydrogen) atoms. The molecule has 0 amide bonds. The van der Waals surface area contributed by atoms with Gasteiger partial charge in [-0.15, -0.1) is 0 Å². The first-order chi connectivity index (χ1) is 11.3. The van der Waals surface area contributed by atoms with E-state index in [9.17, 15) is 5.11 Å². The van der Waals surface area contributed by atoms with Crippen LogP contribution < -0.4 is 5.32 Å². The van der Waals surface area contributed by atoms with E-state index < -0.39 is 6.29 Å². The van der Waals surface area contributed by atoms with Crippen LogP contribution in [0.3, 0.4) is 0 Å². The molecule has 6 atom stereocenters. The fourth-order valence-corrected chi connectivity index (χ4v) is 4.44. The second-order valence-corrected chi connectivity index (χ2v) is 9.04. The van der Waals surface area contributed by atoms with Crippen LogP contribution in [0.1, 0.15) is 66.7 Å². The van der Waals surface area contributed by atoms with Crippen LogP contribution in [0.2, 0.25) is 0 Å². The Morgan fingerprint density at radius 2 is 1.96 bits per heavy atom. The second-order valence-electron chi connectivity index (χ2n) is 9.04. The van der Waals surface area contributed by atoms with E-state index in [0.717, 1.165) is 19.1 Å². The summed E-state index contributed by atoms with van der Waals surface area (Å²) in [4.78, 5) is 0. The SMILES string of the molecule is CC1CCC2CCCC(C(C)C(O)OCCNC(C)(C)C)C2CO1. The molecule has 1 aliphatic carbocycles. The van der Waals surface area contributed by atoms with Crippen molar-refractivity contribution in [1.82, 2.24) is 5.32 Å². The van der Waals surface area contributed by atoms with Crippen molar-refractivity contribution in [2.75, 3.05) is 19.8 Å². The standard InChI is InChI=1S/C20H39NO3/c1-14-9-10-16-7-6-8-17(18(16)13-24-14)15(2)19(22)23-12-11-21-20(3,4)5/h14-19,21-22H,6-13H2,1-5H3. The Bertz CT molecular complexity index is 368. The molecule has 2 aliphatic rings. The molecule has 2 fully saturated rings. The van der Waals surface area contributed by atoms with Crippen molar-refractivity contribution in [2.45, 2.75) is 84.7 Å². The van der Waals surface area contributed by atoms with Crippen molar-refractivity contribution >= 4 is 0 Å². The van der Waals surface area contributed by atoms with Crippen LogP contribution in [-0.2, 0) is 9.47 Å². The van der Waals surface area contributed by atoms with Crippen LogP contribution >= 0.6 is 0 Å². The van der Waals surface area contributed by atoms with Gasteiger partial charge in [-0.25, -0.2) is 0 Å². The van der Waals surface area contributed by atoms with Crippen molar-refractivity contribution in [3.05, 3.63) is 0 Å². The van der Waals surface area contributed by atoms with Crippen LogP contribution in [0.4, 0.5) is 0 Å². The van der Waals surface area contributed by atoms with Crippen LogP contribution in [0.25, 0.3) is 0 Å². The molecule has 142 valence electrons. The highest BCUT2D eigenvalue weighted by molar-refractivity contribution is 4.87. The first kappa shape index (κ1) is 20.2. The Kier molecular flexibility index (Phi) is 7.54. The quantitative estimate of drug-likeness (QED) is 0.573. The molecule has 1 saturated heterocycles. The second kappa shape index (κ2) is 8.98. The molecule has 4 heteroatoms. The van der Waals surface area contributed by atoms with Crippen molar-refractivity contribution in [3.63, 3.8) is 0 Å². The van der Waals surface area contributed by atoms with Gasteiger partial charge >= 0.3 is 0 Å². The third kappa shape index (κ3) is 5.98. The number of hydrogen-bond donors (Lipinski definition) is 2. The van der Waals surface area contributed by atoms with Crippen LogP contribution in [0, 0.1) is 23.7 Å². The minimum absolute atomic E-state index is 0.0882. The Morgan fingerprint density at radius 3 is 2.67 bits per heavy atom. The molecule has 2 N–H and O–H groups in total. The predicted octanol–water partition coefficient (Wildman–Crippen LogP) is 3.58. The third-order valence-electron chi connectivity index (χ3n) is 5.96. The predicted molar refractivity (Wildman–Crippen MR) is 97.8 cm³/mol. The summed E-state index contributed by atoms with van der Waals surface area (Å²) in [5.41, 5.74) is 0.0882. The molecule has 0 aromatic heterocycles. The molecule has 1 saturated carbocycles. The van der Waals surface area contributed by atoms with Gasteiger partial charge in [0.25, 0.3) is 0 Å². The first-order valence-electron chi connectivity index (χ1n) is 9.94. The van der Waals surface area contributed by atoms with Gasteiger partial charge in [-0.3, -0.25) is 0 Å². The fourth-order valence-electron chi connectivity index (χ4n) is 4.44. The highest BCUT2D eigenvalue weighted by Gasteiger charge is 2.40. The summed E-state index contributed by atoms with van der Waals surface area (Å²) in [6.07, 6.45) is 5.98. The zero-order valence-corrected chi connectivity index (χ0v) is 16.4. The zero-order valence-electron chi connectivity index (χ0n) is 16.4. The summed E-state index contributed by atoms with van der Waals surface area (Å²) in [6, 6.07) is 0. The van der Waals surface area contributed by atoms with E-state index in [4.69, 9.17) is 9.47 Å². The number of fused-ring (bicyclic) bond motifs is 1. The average Bonchev–Trinajstić information content (AvgIpc) is 2.71. The molecular weight excluding hydrogens is 302 g/mol. The Morgan fingerprint density at radius 1 is 1.21 bits per heavy atom. The van der Waals surface area contributed by atoms with Crippen molar-refractivity contribution in [1.29, 1.82) is 0 Å². The maximum Gasteiger partial charge on any atom is 0.157 e. The van der Waals surface area contributed by atoms with E-state index in [1.54, 1.807) is 0 Å². The maximum absolute atomic E-state index is 10.5. The maximum atomic E-state index is 10.5. The van der Waals surface area contributed by atoms with Crippen LogP contribution in [-0.4, -0.2) is 42.8 Å². The summed E-state index contributed by atoms with van der Waals surface area (Å²) in [7, 11) is 0. The molecule has 0 aromatic rings. The van der Waals surface area contributed by atoms with E-state index in [1.807, 2.05) is 0 Å². The normalized spacial score (nSPS) is 34.2. The summed E-state index contributed by atoms with van der Waals surface area (Å²) in [6.45, 7) is 12.9. The lowest BCUT2D eigenvalue weighted by Crippen LogP contribution is -2.41. The first-order valence-corrected chi connectivity index (χ1v) is 9.94. The van der Waals surface area contributed by atoms with Crippen LogP contribution in [0.5, 0.6) is 0 Å². The Balaban J connectivity index is 1.84. The minimum atomic E-state index is -0.670. The van der Waals surface area contributed by atoms with Crippen molar-refractivity contribution in [3.8, 4) is 0 Å². The van der Waals surface area contributed by atoms with Gasteiger partial charge in [0, 0.05) is 18.0 Å². The van der Waals surface area contributed by atoms with E-state index >= 15 is 0 Å². The fraction of sp³-hybridized carbons (Fsp3) is 1.00. The van der Waals surface area contributed by atoms with Gasteiger partial charge in [-0.1, -0.05) is 19.8 Å². The van der Waals surface area contributed by atoms with Crippen molar-refractivity contribution < 1.29 is 14.6 Å². The number of nitrogens with one attached hydrogen (secondary N) is 1. The Labute approximate surface area is 148 Å². The summed E-state index contributed by atoms with van der Waals surface area (Å²) in [5, 5.41) is 13.9. The molecule has 0 aromatic carbocycles. The van der Waals surface area contributed by atoms with Gasteiger partial charge in [0.05, 0.1) is 19.3 Å². The van der Waals surface area contributed by atoms with Gasteiger partial charge < -0.3 is 19.9 Å². The van der Waals surface area contributed by atoms with Crippen molar-refractivity contribution in [2.24, 2.45) is 23.7 Å². The van der Waals surface area contributed by atoms with Gasteiger partial charge in [-0.2, -0.15) is 0 Å². The summed E-state index contributed by atoms with van der Waals surface area (Å²) < 4.78 is 11.8. The minimum Gasteiger partial charge on any atom is -0.378 e. The Hall–Kier alpha value is -0.160. The summed E-state index contributed by atoms with van der Waals surface area (Å²) in [5.74, 6) is 2.04. The smallest absolute Gasteiger partial charge is 0.157 e. The zero-order chi connectivity index (χ0) is 17.7. The van der Waals surface area contributed by atoms with Gasteiger partial charge in [0.1, 0.15) is 0 Å². The number of aliphatic hydroxyl groups excluding tert-OH is 1. The number of ether oxygens (including phenoxy) is 2. The molecule has 0 spiro atoms. The molecule has 4 nitrogen and oxygen atoms in total. The molecule has 1 aliphatic heterocycles. The lowest BCUT2D eigenvalue weighted by Gasteiger charge is -2.41. The molecule has 0 radical (unpaired) electrons. The highest BCUT2D eigenvalue weighted by Crippen LogP contribution is 2.44. The van der Waals surface area contributed by atoms with E-state index in [2.05, 4.69) is 39.9 Å². The lowest BCUT2D eigenvalue weighted by atomic mass is 9.66. The lowest BCUT2D eigenvalue weighted by molar-refractivity contribution is -0.154. The average molecular weight is 342 g/mol. The number of hydrogen-bond acceptors (Lipinski definition) is 4. The molecular formula is C20H39NO3. The van der Waals surface area contributed by atoms with Gasteiger partial charge in [0.2, 0.25) is 0 Å². The summed E-state index contributed by atoms with van der Waals surface area (Å²) >= 11 is 0. The third-order valence-corrected chi connectivity index (χ3v) is 5.96. The van der Waals surface area contributed by atoms with Gasteiger partial charge in [-0.05, 0) is 64.7 Å². The molecule has 2 rings (SSSR count). The van der Waals surface area contributed by atoms with Crippen LogP contribution in [0.15, 0.2) is 0 Å². The highest BCUT2D eigenvalue weighted by atomic mass is 16.6. The van der Waals surface area contributed by atoms with E-state index in [-0.39, 0.29) is 11.5 Å².